The molecule has 2 N–H and O–H groups in total. The van der Waals surface area contributed by atoms with Gasteiger partial charge in [-0.05, 0) is 44.4 Å². The van der Waals surface area contributed by atoms with Gasteiger partial charge in [0.2, 0.25) is 0 Å². The fraction of sp³-hybridized carbons (Fsp3) is 0.667. The third kappa shape index (κ3) is 3.09. The van der Waals surface area contributed by atoms with Crippen molar-refractivity contribution in [1.29, 1.82) is 0 Å². The predicted molar refractivity (Wildman–Crippen MR) is 75.2 cm³/mol. The van der Waals surface area contributed by atoms with Crippen LogP contribution in [0.3, 0.4) is 0 Å². The summed E-state index contributed by atoms with van der Waals surface area (Å²) in [7, 11) is 2.17. The molecule has 100 valence electrons. The molecular weight excluding hydrogens is 222 g/mol. The molecule has 1 heterocycles. The summed E-state index contributed by atoms with van der Waals surface area (Å²) in [5, 5.41) is 0. The maximum absolute atomic E-state index is 6.24. The molecular formula is C15H25N3. The van der Waals surface area contributed by atoms with Crippen LogP contribution in [0.1, 0.15) is 37.6 Å². The van der Waals surface area contributed by atoms with Gasteiger partial charge in [-0.15, -0.1) is 0 Å². The van der Waals surface area contributed by atoms with Gasteiger partial charge >= 0.3 is 0 Å². The lowest BCUT2D eigenvalue weighted by Crippen LogP contribution is -2.42. The number of rotatable bonds is 4. The van der Waals surface area contributed by atoms with Crippen molar-refractivity contribution < 1.29 is 0 Å². The first-order chi connectivity index (χ1) is 8.49. The molecule has 0 aliphatic heterocycles. The minimum Gasteiger partial charge on any atom is -0.327 e. The Morgan fingerprint density at radius 3 is 2.89 bits per heavy atom. The number of nitrogens with zero attached hydrogens (tertiary/aromatic N) is 2. The van der Waals surface area contributed by atoms with Gasteiger partial charge in [-0.25, -0.2) is 0 Å². The lowest BCUT2D eigenvalue weighted by molar-refractivity contribution is 0.172. The smallest absolute Gasteiger partial charge is 0.0547 e. The second-order valence-corrected chi connectivity index (χ2v) is 6.10. The lowest BCUT2D eigenvalue weighted by atomic mass is 9.84. The van der Waals surface area contributed by atoms with Gasteiger partial charge in [0.15, 0.2) is 0 Å². The monoisotopic (exact) mass is 247 g/mol. The van der Waals surface area contributed by atoms with E-state index in [-0.39, 0.29) is 5.41 Å². The van der Waals surface area contributed by atoms with E-state index in [1.54, 1.807) is 0 Å². The molecule has 1 aromatic heterocycles. The molecule has 2 atom stereocenters. The standard InChI is InChI=1S/C15H25N3/c1-12-6-4-7-13(17-12)10-18(3)11-15(2)9-5-8-14(15)16/h4,6-7,14H,5,8-11,16H2,1-3H3. The number of nitrogens with two attached hydrogens (primary N) is 1. The van der Waals surface area contributed by atoms with Crippen LogP contribution in [0.2, 0.25) is 0 Å². The van der Waals surface area contributed by atoms with Crippen LogP contribution in [0.4, 0.5) is 0 Å². The number of pyridine rings is 1. The van der Waals surface area contributed by atoms with E-state index in [4.69, 9.17) is 5.73 Å². The summed E-state index contributed by atoms with van der Waals surface area (Å²) in [4.78, 5) is 6.91. The van der Waals surface area contributed by atoms with Crippen molar-refractivity contribution in [3.05, 3.63) is 29.6 Å². The molecule has 0 spiro atoms. The summed E-state index contributed by atoms with van der Waals surface area (Å²) in [6, 6.07) is 6.57. The maximum atomic E-state index is 6.24. The summed E-state index contributed by atoms with van der Waals surface area (Å²) in [6.45, 7) is 6.33. The Kier molecular flexibility index (Phi) is 4.03. The molecule has 3 nitrogen and oxygen atoms in total. The van der Waals surface area contributed by atoms with Crippen molar-refractivity contribution in [2.75, 3.05) is 13.6 Å². The average Bonchev–Trinajstić information content (AvgIpc) is 2.58. The molecule has 1 aliphatic carbocycles. The minimum atomic E-state index is 0.276. The van der Waals surface area contributed by atoms with Crippen LogP contribution in [0.15, 0.2) is 18.2 Å². The van der Waals surface area contributed by atoms with Crippen molar-refractivity contribution in [2.24, 2.45) is 11.1 Å². The fourth-order valence-electron chi connectivity index (χ4n) is 3.09. The Bertz CT molecular complexity index is 404. The van der Waals surface area contributed by atoms with Crippen molar-refractivity contribution in [1.82, 2.24) is 9.88 Å². The van der Waals surface area contributed by atoms with Crippen LogP contribution >= 0.6 is 0 Å². The molecule has 3 heteroatoms. The summed E-state index contributed by atoms with van der Waals surface area (Å²) < 4.78 is 0. The molecule has 1 aliphatic rings. The quantitative estimate of drug-likeness (QED) is 0.888. The van der Waals surface area contributed by atoms with E-state index in [9.17, 15) is 0 Å². The third-order valence-corrected chi connectivity index (χ3v) is 4.17. The third-order valence-electron chi connectivity index (χ3n) is 4.17. The first kappa shape index (κ1) is 13.5. The zero-order chi connectivity index (χ0) is 13.2. The van der Waals surface area contributed by atoms with E-state index in [0.29, 0.717) is 6.04 Å². The molecule has 0 amide bonds. The Hall–Kier alpha value is -0.930. The second kappa shape index (κ2) is 5.37. The van der Waals surface area contributed by atoms with Crippen LogP contribution in [-0.4, -0.2) is 29.5 Å². The zero-order valence-electron chi connectivity index (χ0n) is 11.8. The average molecular weight is 247 g/mol. The molecule has 0 aromatic carbocycles. The topological polar surface area (TPSA) is 42.1 Å². The SMILES string of the molecule is Cc1cccc(CN(C)CC2(C)CCCC2N)n1. The molecule has 1 fully saturated rings. The Labute approximate surface area is 110 Å². The van der Waals surface area contributed by atoms with Crippen molar-refractivity contribution in [2.45, 2.75) is 45.7 Å². The normalized spacial score (nSPS) is 27.9. The summed E-state index contributed by atoms with van der Waals surface area (Å²) in [5.74, 6) is 0. The van der Waals surface area contributed by atoms with Crippen LogP contribution in [0.25, 0.3) is 0 Å². The van der Waals surface area contributed by atoms with E-state index < -0.39 is 0 Å². The highest BCUT2D eigenvalue weighted by Crippen LogP contribution is 2.37. The summed E-state index contributed by atoms with van der Waals surface area (Å²) in [5.41, 5.74) is 8.75. The van der Waals surface area contributed by atoms with Gasteiger partial charge in [0, 0.05) is 24.8 Å². The van der Waals surface area contributed by atoms with Crippen LogP contribution in [0, 0.1) is 12.3 Å². The van der Waals surface area contributed by atoms with E-state index in [1.165, 1.54) is 19.3 Å². The molecule has 0 saturated heterocycles. The van der Waals surface area contributed by atoms with E-state index in [1.807, 2.05) is 13.0 Å². The first-order valence-corrected chi connectivity index (χ1v) is 6.86. The Balaban J connectivity index is 1.94. The lowest BCUT2D eigenvalue weighted by Gasteiger charge is -2.33. The van der Waals surface area contributed by atoms with E-state index in [0.717, 1.165) is 24.5 Å². The number of hydrogen-bond donors (Lipinski definition) is 1. The second-order valence-electron chi connectivity index (χ2n) is 6.10. The highest BCUT2D eigenvalue weighted by Gasteiger charge is 2.36. The number of aryl methyl sites for hydroxylation is 1. The van der Waals surface area contributed by atoms with Gasteiger partial charge in [0.25, 0.3) is 0 Å². The van der Waals surface area contributed by atoms with Crippen molar-refractivity contribution in [3.63, 3.8) is 0 Å². The summed E-state index contributed by atoms with van der Waals surface area (Å²) in [6.07, 6.45) is 3.70. The van der Waals surface area contributed by atoms with Crippen molar-refractivity contribution >= 4 is 0 Å². The van der Waals surface area contributed by atoms with E-state index in [2.05, 4.69) is 36.0 Å². The first-order valence-electron chi connectivity index (χ1n) is 6.86. The van der Waals surface area contributed by atoms with Gasteiger partial charge in [-0.1, -0.05) is 19.4 Å². The van der Waals surface area contributed by atoms with E-state index >= 15 is 0 Å². The minimum absolute atomic E-state index is 0.276. The highest BCUT2D eigenvalue weighted by molar-refractivity contribution is 5.09. The predicted octanol–water partition coefficient (Wildman–Crippen LogP) is 2.34. The number of aromatic nitrogens is 1. The maximum Gasteiger partial charge on any atom is 0.0547 e. The van der Waals surface area contributed by atoms with Crippen molar-refractivity contribution in [3.8, 4) is 0 Å². The number of hydrogen-bond acceptors (Lipinski definition) is 3. The molecule has 0 radical (unpaired) electrons. The summed E-state index contributed by atoms with van der Waals surface area (Å²) >= 11 is 0. The Morgan fingerprint density at radius 2 is 2.28 bits per heavy atom. The molecule has 2 unspecified atom stereocenters. The van der Waals surface area contributed by atoms with Gasteiger partial charge in [0.05, 0.1) is 5.69 Å². The van der Waals surface area contributed by atoms with Gasteiger partial charge in [-0.2, -0.15) is 0 Å². The molecule has 0 bridgehead atoms. The van der Waals surface area contributed by atoms with Crippen LogP contribution in [-0.2, 0) is 6.54 Å². The van der Waals surface area contributed by atoms with Crippen LogP contribution in [0.5, 0.6) is 0 Å². The molecule has 1 saturated carbocycles. The Morgan fingerprint density at radius 1 is 1.50 bits per heavy atom. The van der Waals surface area contributed by atoms with Gasteiger partial charge < -0.3 is 5.73 Å². The van der Waals surface area contributed by atoms with Gasteiger partial charge in [-0.3, -0.25) is 9.88 Å². The molecule has 2 rings (SSSR count). The largest absolute Gasteiger partial charge is 0.327 e. The molecule has 18 heavy (non-hydrogen) atoms. The highest BCUT2D eigenvalue weighted by atomic mass is 15.1. The zero-order valence-corrected chi connectivity index (χ0v) is 11.8. The van der Waals surface area contributed by atoms with Crippen LogP contribution < -0.4 is 5.73 Å². The molecule has 1 aromatic rings. The fourth-order valence-corrected chi connectivity index (χ4v) is 3.09. The van der Waals surface area contributed by atoms with Gasteiger partial charge in [0.1, 0.15) is 0 Å².